The van der Waals surface area contributed by atoms with Crippen LogP contribution in [-0.4, -0.2) is 90.8 Å². The Hall–Kier alpha value is -2.54. The Labute approximate surface area is 234 Å². The van der Waals surface area contributed by atoms with Crippen molar-refractivity contribution in [2.24, 2.45) is 5.92 Å². The normalized spacial score (nSPS) is 25.7. The molecule has 3 aliphatic heterocycles. The first-order chi connectivity index (χ1) is 18.7. The molecule has 3 fully saturated rings. The standard InChI is InChI=1S/C26H43N5O7S/c1-4-37-25(35)22-21(38-22)24(34)29-16(13-15(2)3)23(33)28-12-8-7-11-27-19(32)10-6-5-9-18-20-17(14-39-18)30-26(36)31-20/h15-18,20-22H,4-14H2,1-3H3,(H,27,32)(H,28,33)(H,29,34)(H2,30,31,36)/t16-,17-,18-,20-,21-,22-/m0/s1. The monoisotopic (exact) mass is 569 g/mol. The molecule has 6 atom stereocenters. The number of unbranched alkanes of at least 4 members (excludes halogenated alkanes) is 2. The number of hydrogen-bond donors (Lipinski definition) is 5. The zero-order chi connectivity index (χ0) is 28.4. The van der Waals surface area contributed by atoms with Gasteiger partial charge in [-0.25, -0.2) is 9.59 Å². The first-order valence-corrected chi connectivity index (χ1v) is 15.1. The second-order valence-corrected chi connectivity index (χ2v) is 11.9. The van der Waals surface area contributed by atoms with Crippen molar-refractivity contribution in [2.45, 2.75) is 101 Å². The molecule has 5 N–H and O–H groups in total. The maximum absolute atomic E-state index is 12.7. The molecule has 0 unspecified atom stereocenters. The van der Waals surface area contributed by atoms with Crippen LogP contribution < -0.4 is 26.6 Å². The molecule has 39 heavy (non-hydrogen) atoms. The van der Waals surface area contributed by atoms with Gasteiger partial charge in [-0.3, -0.25) is 14.4 Å². The number of nitrogens with one attached hydrogen (secondary N) is 5. The first-order valence-electron chi connectivity index (χ1n) is 14.0. The van der Waals surface area contributed by atoms with Crippen LogP contribution in [-0.2, 0) is 28.7 Å². The van der Waals surface area contributed by atoms with Crippen molar-refractivity contribution in [3.8, 4) is 0 Å². The van der Waals surface area contributed by atoms with Gasteiger partial charge in [-0.15, -0.1) is 0 Å². The average molecular weight is 570 g/mol. The van der Waals surface area contributed by atoms with Gasteiger partial charge in [0.1, 0.15) is 6.04 Å². The van der Waals surface area contributed by atoms with Crippen LogP contribution in [0.1, 0.15) is 65.7 Å². The lowest BCUT2D eigenvalue weighted by molar-refractivity contribution is -0.144. The summed E-state index contributed by atoms with van der Waals surface area (Å²) in [6.45, 7) is 6.76. The lowest BCUT2D eigenvalue weighted by Crippen LogP contribution is -2.49. The molecule has 0 spiro atoms. The molecule has 3 rings (SSSR count). The fourth-order valence-corrected chi connectivity index (χ4v) is 6.39. The second kappa shape index (κ2) is 15.3. The van der Waals surface area contributed by atoms with E-state index in [1.165, 1.54) is 0 Å². The molecule has 0 aromatic carbocycles. The molecular formula is C26H43N5O7S. The highest BCUT2D eigenvalue weighted by Crippen LogP contribution is 2.33. The van der Waals surface area contributed by atoms with E-state index in [9.17, 15) is 24.0 Å². The quantitative estimate of drug-likeness (QED) is 0.0734. The Bertz CT molecular complexity index is 889. The van der Waals surface area contributed by atoms with Gasteiger partial charge in [0.25, 0.3) is 5.91 Å². The minimum atomic E-state index is -0.920. The minimum absolute atomic E-state index is 0.0231. The summed E-state index contributed by atoms with van der Waals surface area (Å²) in [5, 5.41) is 14.8. The van der Waals surface area contributed by atoms with Gasteiger partial charge in [-0.1, -0.05) is 20.3 Å². The van der Waals surface area contributed by atoms with E-state index in [0.717, 1.165) is 31.4 Å². The Morgan fingerprint density at radius 2 is 1.79 bits per heavy atom. The molecule has 5 amide bonds. The Morgan fingerprint density at radius 1 is 1.05 bits per heavy atom. The Morgan fingerprint density at radius 3 is 2.51 bits per heavy atom. The lowest BCUT2D eigenvalue weighted by atomic mass is 10.0. The third-order valence-electron chi connectivity index (χ3n) is 6.91. The maximum atomic E-state index is 12.7. The van der Waals surface area contributed by atoms with Gasteiger partial charge in [0.05, 0.1) is 18.7 Å². The van der Waals surface area contributed by atoms with Crippen LogP contribution in [0.25, 0.3) is 0 Å². The van der Waals surface area contributed by atoms with Gasteiger partial charge in [0, 0.05) is 30.5 Å². The van der Waals surface area contributed by atoms with Gasteiger partial charge in [-0.2, -0.15) is 11.8 Å². The predicted octanol–water partition coefficient (Wildman–Crippen LogP) is 0.586. The predicted molar refractivity (Wildman–Crippen MR) is 146 cm³/mol. The molecule has 13 heteroatoms. The van der Waals surface area contributed by atoms with Gasteiger partial charge in [0.2, 0.25) is 11.8 Å². The van der Waals surface area contributed by atoms with Crippen LogP contribution in [0.3, 0.4) is 0 Å². The van der Waals surface area contributed by atoms with Gasteiger partial charge in [0.15, 0.2) is 12.2 Å². The van der Waals surface area contributed by atoms with Crippen LogP contribution in [0.5, 0.6) is 0 Å². The summed E-state index contributed by atoms with van der Waals surface area (Å²) in [6, 6.07) is -0.377. The lowest BCUT2D eigenvalue weighted by Gasteiger charge is -2.20. The Kier molecular flexibility index (Phi) is 12.2. The molecule has 12 nitrogen and oxygen atoms in total. The van der Waals surface area contributed by atoms with Crippen molar-refractivity contribution in [1.29, 1.82) is 0 Å². The van der Waals surface area contributed by atoms with Crippen molar-refractivity contribution in [3.63, 3.8) is 0 Å². The number of esters is 1. The molecule has 3 aliphatic rings. The maximum Gasteiger partial charge on any atom is 0.338 e. The number of hydrogen-bond acceptors (Lipinski definition) is 8. The highest BCUT2D eigenvalue weighted by molar-refractivity contribution is 8.00. The van der Waals surface area contributed by atoms with Crippen molar-refractivity contribution >= 4 is 41.5 Å². The molecule has 0 bridgehead atoms. The summed E-state index contributed by atoms with van der Waals surface area (Å²) in [4.78, 5) is 60.4. The van der Waals surface area contributed by atoms with E-state index in [1.807, 2.05) is 25.6 Å². The highest BCUT2D eigenvalue weighted by Gasteiger charge is 2.52. The summed E-state index contributed by atoms with van der Waals surface area (Å²) in [7, 11) is 0. The SMILES string of the molecule is CCOC(=O)[C@H]1O[C@@H]1C(=O)N[C@@H](CC(C)C)C(=O)NCCCCNC(=O)CCCC[C@@H]1SC[C@@H]2NC(=O)N[C@@H]21. The van der Waals surface area contributed by atoms with Crippen LogP contribution in [0, 0.1) is 5.92 Å². The summed E-state index contributed by atoms with van der Waals surface area (Å²) in [5.41, 5.74) is 0. The number of urea groups is 1. The van der Waals surface area contributed by atoms with Crippen molar-refractivity contribution in [3.05, 3.63) is 0 Å². The van der Waals surface area contributed by atoms with E-state index in [4.69, 9.17) is 9.47 Å². The summed E-state index contributed by atoms with van der Waals surface area (Å²) in [5.74, 6) is -0.218. The number of fused-ring (bicyclic) bond motifs is 1. The number of carbonyl (C=O) groups is 5. The minimum Gasteiger partial charge on any atom is -0.464 e. The van der Waals surface area contributed by atoms with E-state index in [0.29, 0.717) is 37.6 Å². The summed E-state index contributed by atoms with van der Waals surface area (Å²) < 4.78 is 9.98. The third-order valence-corrected chi connectivity index (χ3v) is 8.42. The fourth-order valence-electron chi connectivity index (χ4n) is 4.85. The molecule has 0 aromatic heterocycles. The largest absolute Gasteiger partial charge is 0.464 e. The zero-order valence-corrected chi connectivity index (χ0v) is 23.9. The van der Waals surface area contributed by atoms with Crippen molar-refractivity contribution in [1.82, 2.24) is 26.6 Å². The number of thioether (sulfide) groups is 1. The molecule has 0 aromatic rings. The topological polar surface area (TPSA) is 167 Å². The molecule has 0 saturated carbocycles. The molecule has 3 saturated heterocycles. The smallest absolute Gasteiger partial charge is 0.338 e. The van der Waals surface area contributed by atoms with Gasteiger partial charge >= 0.3 is 12.0 Å². The third kappa shape index (κ3) is 9.86. The summed E-state index contributed by atoms with van der Waals surface area (Å²) in [6.07, 6.45) is 3.26. The fraction of sp³-hybridized carbons (Fsp3) is 0.808. The average Bonchev–Trinajstić information content (AvgIpc) is 3.49. The van der Waals surface area contributed by atoms with E-state index in [2.05, 4.69) is 26.6 Å². The van der Waals surface area contributed by atoms with E-state index >= 15 is 0 Å². The molecule has 0 radical (unpaired) electrons. The van der Waals surface area contributed by atoms with E-state index < -0.39 is 30.1 Å². The van der Waals surface area contributed by atoms with Gasteiger partial charge in [-0.05, 0) is 44.9 Å². The first kappa shape index (κ1) is 31.0. The van der Waals surface area contributed by atoms with Crippen LogP contribution in [0.15, 0.2) is 0 Å². The van der Waals surface area contributed by atoms with Crippen LogP contribution in [0.2, 0.25) is 0 Å². The van der Waals surface area contributed by atoms with Crippen LogP contribution in [0.4, 0.5) is 4.79 Å². The Balaban J connectivity index is 1.22. The number of amides is 5. The number of rotatable bonds is 17. The molecule has 220 valence electrons. The molecular weight excluding hydrogens is 526 g/mol. The second-order valence-electron chi connectivity index (χ2n) is 10.6. The van der Waals surface area contributed by atoms with Crippen molar-refractivity contribution < 1.29 is 33.4 Å². The van der Waals surface area contributed by atoms with Gasteiger partial charge < -0.3 is 36.1 Å². The van der Waals surface area contributed by atoms with Crippen LogP contribution >= 0.6 is 11.8 Å². The highest BCUT2D eigenvalue weighted by atomic mass is 32.2. The molecule has 3 heterocycles. The molecule has 0 aliphatic carbocycles. The van der Waals surface area contributed by atoms with E-state index in [1.54, 1.807) is 6.92 Å². The number of carbonyl (C=O) groups excluding carboxylic acids is 5. The van der Waals surface area contributed by atoms with Crippen molar-refractivity contribution in [2.75, 3.05) is 25.4 Å². The number of epoxide rings is 1. The number of ether oxygens (including phenoxy) is 2. The van der Waals surface area contributed by atoms with E-state index in [-0.39, 0.29) is 42.5 Å². The summed E-state index contributed by atoms with van der Waals surface area (Å²) >= 11 is 1.88. The zero-order valence-electron chi connectivity index (χ0n) is 23.1.